The molecule has 1 unspecified atom stereocenters. The molecule has 0 saturated heterocycles. The highest BCUT2D eigenvalue weighted by Gasteiger charge is 2.17. The lowest BCUT2D eigenvalue weighted by molar-refractivity contribution is 0.103. The lowest BCUT2D eigenvalue weighted by Crippen LogP contribution is -2.12. The van der Waals surface area contributed by atoms with Crippen molar-refractivity contribution in [1.29, 1.82) is 0 Å². The van der Waals surface area contributed by atoms with Gasteiger partial charge in [-0.1, -0.05) is 43.3 Å². The summed E-state index contributed by atoms with van der Waals surface area (Å²) in [4.78, 5) is 18.0. The molecule has 30 heavy (non-hydrogen) atoms. The van der Waals surface area contributed by atoms with Crippen LogP contribution in [0.1, 0.15) is 33.4 Å². The number of anilines is 1. The average molecular weight is 443 g/mol. The Morgan fingerprint density at radius 2 is 1.93 bits per heavy atom. The normalized spacial score (nSPS) is 12.0. The molecule has 3 rings (SSSR count). The molecule has 0 fully saturated rings. The Morgan fingerprint density at radius 1 is 1.17 bits per heavy atom. The van der Waals surface area contributed by atoms with Gasteiger partial charge in [-0.2, -0.15) is 0 Å². The fraction of sp³-hybridized carbons (Fsp3) is 0.304. The van der Waals surface area contributed by atoms with Gasteiger partial charge in [0.05, 0.1) is 12.3 Å². The summed E-state index contributed by atoms with van der Waals surface area (Å²) >= 11 is 1.39. The van der Waals surface area contributed by atoms with Crippen molar-refractivity contribution in [3.63, 3.8) is 0 Å². The maximum atomic E-state index is 12.8. The second-order valence-electron chi connectivity index (χ2n) is 6.92. The Bertz CT molecular complexity index is 1030. The molecule has 0 spiro atoms. The second-order valence-corrected chi connectivity index (χ2v) is 9.50. The summed E-state index contributed by atoms with van der Waals surface area (Å²) in [5.74, 6) is 0.749. The van der Waals surface area contributed by atoms with Crippen molar-refractivity contribution >= 4 is 33.7 Å². The van der Waals surface area contributed by atoms with Gasteiger partial charge in [-0.25, -0.2) is 4.98 Å². The number of benzene rings is 2. The van der Waals surface area contributed by atoms with Gasteiger partial charge in [0.2, 0.25) is 0 Å². The maximum absolute atomic E-state index is 12.8. The third kappa shape index (κ3) is 5.84. The number of thiazole rings is 1. The number of aryl methyl sites for hydroxylation is 2. The number of carbonyl (C=O) groups excluding carboxylic acids is 1. The van der Waals surface area contributed by atoms with E-state index >= 15 is 0 Å². The first-order valence-electron chi connectivity index (χ1n) is 9.81. The van der Waals surface area contributed by atoms with Crippen molar-refractivity contribution < 1.29 is 13.7 Å². The van der Waals surface area contributed by atoms with E-state index in [0.717, 1.165) is 22.6 Å². The molecular weight excluding hydrogens is 416 g/mol. The van der Waals surface area contributed by atoms with Crippen LogP contribution in [0.2, 0.25) is 0 Å². The van der Waals surface area contributed by atoms with Gasteiger partial charge in [0.15, 0.2) is 0 Å². The van der Waals surface area contributed by atoms with Gasteiger partial charge in [-0.15, -0.1) is 11.3 Å². The minimum atomic E-state index is -0.998. The third-order valence-electron chi connectivity index (χ3n) is 4.64. The molecule has 158 valence electrons. The highest BCUT2D eigenvalue weighted by Crippen LogP contribution is 2.29. The topological polar surface area (TPSA) is 68.3 Å². The van der Waals surface area contributed by atoms with E-state index in [9.17, 15) is 9.00 Å². The minimum absolute atomic E-state index is 0.181. The number of aromatic nitrogens is 1. The monoisotopic (exact) mass is 442 g/mol. The van der Waals surface area contributed by atoms with E-state index < -0.39 is 10.8 Å². The number of amides is 1. The van der Waals surface area contributed by atoms with Crippen molar-refractivity contribution in [2.45, 2.75) is 26.0 Å². The van der Waals surface area contributed by atoms with Crippen LogP contribution in [0, 0.1) is 6.92 Å². The molecule has 0 saturated carbocycles. The van der Waals surface area contributed by atoms with E-state index in [1.807, 2.05) is 43.3 Å². The van der Waals surface area contributed by atoms with Crippen molar-refractivity contribution in [2.24, 2.45) is 0 Å². The smallest absolute Gasteiger partial charge is 0.267 e. The Labute approximate surface area is 184 Å². The van der Waals surface area contributed by atoms with Crippen LogP contribution in [0.4, 0.5) is 5.69 Å². The zero-order valence-electron chi connectivity index (χ0n) is 17.4. The SMILES string of the molecule is CCc1ccc(-c2nc(C)c(C(=O)Nc3cccc(CS(=O)CCOC)c3)s2)cc1. The molecule has 7 heteroatoms. The largest absolute Gasteiger partial charge is 0.384 e. The van der Waals surface area contributed by atoms with Crippen LogP contribution >= 0.6 is 11.3 Å². The first kappa shape index (κ1) is 22.3. The van der Waals surface area contributed by atoms with E-state index in [4.69, 9.17) is 4.74 Å². The summed E-state index contributed by atoms with van der Waals surface area (Å²) in [5, 5.41) is 3.78. The standard InChI is InChI=1S/C23H26N2O3S2/c1-4-17-8-10-19(11-9-17)23-24-16(2)21(29-23)22(26)25-20-7-5-6-18(14-20)15-30(27)13-12-28-3/h5-11,14H,4,12-13,15H2,1-3H3,(H,25,26). The summed E-state index contributed by atoms with van der Waals surface area (Å²) in [5.41, 5.74) is 4.60. The van der Waals surface area contributed by atoms with Gasteiger partial charge in [0, 0.05) is 40.7 Å². The van der Waals surface area contributed by atoms with Crippen LogP contribution in [0.3, 0.4) is 0 Å². The summed E-state index contributed by atoms with van der Waals surface area (Å²) in [6.45, 7) is 4.44. The van der Waals surface area contributed by atoms with Gasteiger partial charge in [0.25, 0.3) is 5.91 Å². The minimum Gasteiger partial charge on any atom is -0.384 e. The fourth-order valence-electron chi connectivity index (χ4n) is 2.97. The molecule has 1 aromatic heterocycles. The Kier molecular flexibility index (Phi) is 7.90. The summed E-state index contributed by atoms with van der Waals surface area (Å²) in [7, 11) is 0.600. The van der Waals surface area contributed by atoms with E-state index in [1.165, 1.54) is 16.9 Å². The Hall–Kier alpha value is -2.35. The number of hydrogen-bond acceptors (Lipinski definition) is 5. The zero-order valence-corrected chi connectivity index (χ0v) is 19.1. The van der Waals surface area contributed by atoms with Crippen molar-refractivity contribution in [3.8, 4) is 10.6 Å². The fourth-order valence-corrected chi connectivity index (χ4v) is 4.99. The number of rotatable bonds is 9. The second kappa shape index (κ2) is 10.6. The Balaban J connectivity index is 1.71. The molecule has 5 nitrogen and oxygen atoms in total. The molecule has 1 heterocycles. The molecule has 1 amide bonds. The molecule has 1 N–H and O–H groups in total. The van der Waals surface area contributed by atoms with Gasteiger partial charge in [-0.05, 0) is 36.6 Å². The predicted octanol–water partition coefficient (Wildman–Crippen LogP) is 4.83. The molecule has 0 aliphatic heterocycles. The first-order chi connectivity index (χ1) is 14.5. The quantitative estimate of drug-likeness (QED) is 0.515. The number of methoxy groups -OCH3 is 1. The van der Waals surface area contributed by atoms with Crippen LogP contribution in [0.15, 0.2) is 48.5 Å². The molecular formula is C23H26N2O3S2. The molecule has 0 aliphatic rings. The molecule has 0 radical (unpaired) electrons. The van der Waals surface area contributed by atoms with Crippen LogP contribution in [0.5, 0.6) is 0 Å². The lowest BCUT2D eigenvalue weighted by atomic mass is 10.1. The van der Waals surface area contributed by atoms with E-state index in [2.05, 4.69) is 29.4 Å². The van der Waals surface area contributed by atoms with Crippen molar-refractivity contribution in [3.05, 3.63) is 70.2 Å². The highest BCUT2D eigenvalue weighted by molar-refractivity contribution is 7.84. The number of nitrogens with zero attached hydrogens (tertiary/aromatic N) is 1. The van der Waals surface area contributed by atoms with Crippen LogP contribution in [-0.2, 0) is 27.7 Å². The van der Waals surface area contributed by atoms with Crippen molar-refractivity contribution in [1.82, 2.24) is 4.98 Å². The van der Waals surface area contributed by atoms with Gasteiger partial charge in [-0.3, -0.25) is 9.00 Å². The van der Waals surface area contributed by atoms with Gasteiger partial charge >= 0.3 is 0 Å². The maximum Gasteiger partial charge on any atom is 0.267 e. The number of hydrogen-bond donors (Lipinski definition) is 1. The van der Waals surface area contributed by atoms with Gasteiger partial charge in [0.1, 0.15) is 9.88 Å². The summed E-state index contributed by atoms with van der Waals surface area (Å²) < 4.78 is 17.1. The van der Waals surface area contributed by atoms with Gasteiger partial charge < -0.3 is 10.1 Å². The zero-order chi connectivity index (χ0) is 21.5. The van der Waals surface area contributed by atoms with E-state index in [0.29, 0.717) is 34.4 Å². The van der Waals surface area contributed by atoms with Crippen LogP contribution in [-0.4, -0.2) is 34.6 Å². The van der Waals surface area contributed by atoms with E-state index in [-0.39, 0.29) is 5.91 Å². The molecule has 1 atom stereocenters. The highest BCUT2D eigenvalue weighted by atomic mass is 32.2. The summed E-state index contributed by atoms with van der Waals surface area (Å²) in [6.07, 6.45) is 0.990. The van der Waals surface area contributed by atoms with E-state index in [1.54, 1.807) is 7.11 Å². The lowest BCUT2D eigenvalue weighted by Gasteiger charge is -2.07. The third-order valence-corrected chi connectivity index (χ3v) is 7.12. The molecule has 0 bridgehead atoms. The number of nitrogens with one attached hydrogen (secondary N) is 1. The predicted molar refractivity (Wildman–Crippen MR) is 125 cm³/mol. The average Bonchev–Trinajstić information content (AvgIpc) is 3.14. The van der Waals surface area contributed by atoms with Crippen LogP contribution < -0.4 is 5.32 Å². The number of carbonyl (C=O) groups is 1. The molecule has 3 aromatic rings. The molecule has 2 aromatic carbocycles. The first-order valence-corrected chi connectivity index (χ1v) is 12.1. The number of ether oxygens (including phenoxy) is 1. The Morgan fingerprint density at radius 3 is 2.63 bits per heavy atom. The van der Waals surface area contributed by atoms with Crippen LogP contribution in [0.25, 0.3) is 10.6 Å². The summed E-state index contributed by atoms with van der Waals surface area (Å²) in [6, 6.07) is 15.7. The van der Waals surface area contributed by atoms with Crippen molar-refractivity contribution in [2.75, 3.05) is 24.8 Å². The molecule has 0 aliphatic carbocycles.